The lowest BCUT2D eigenvalue weighted by molar-refractivity contribution is -0.156. The topological polar surface area (TPSA) is 76.1 Å². The zero-order chi connectivity index (χ0) is 12.3. The van der Waals surface area contributed by atoms with Gasteiger partial charge in [-0.2, -0.15) is 0 Å². The van der Waals surface area contributed by atoms with Gasteiger partial charge in [0, 0.05) is 5.92 Å². The van der Waals surface area contributed by atoms with Gasteiger partial charge in [-0.05, 0) is 12.8 Å². The molecule has 0 aromatic carbocycles. The van der Waals surface area contributed by atoms with E-state index in [1.165, 1.54) is 14.2 Å². The number of likely N-dealkylation sites (tertiary alicyclic amines) is 1. The number of rotatable bonds is 1. The van der Waals surface area contributed by atoms with E-state index in [1.54, 1.807) is 0 Å². The van der Waals surface area contributed by atoms with Crippen LogP contribution in [-0.4, -0.2) is 48.6 Å². The summed E-state index contributed by atoms with van der Waals surface area (Å²) in [5.74, 6) is -0.614. The van der Waals surface area contributed by atoms with Crippen LogP contribution >= 0.6 is 0 Å². The van der Waals surface area contributed by atoms with Crippen LogP contribution in [0.3, 0.4) is 0 Å². The van der Waals surface area contributed by atoms with Gasteiger partial charge in [-0.3, -0.25) is 4.90 Å². The molecule has 2 unspecified atom stereocenters. The van der Waals surface area contributed by atoms with Crippen molar-refractivity contribution in [1.82, 2.24) is 4.90 Å². The van der Waals surface area contributed by atoms with Crippen molar-refractivity contribution < 1.29 is 24.2 Å². The Kier molecular flexibility index (Phi) is 4.12. The number of carbonyl (C=O) groups is 2. The van der Waals surface area contributed by atoms with Crippen LogP contribution in [0, 0.1) is 5.92 Å². The van der Waals surface area contributed by atoms with Crippen molar-refractivity contribution in [2.24, 2.45) is 5.92 Å². The minimum absolute atomic E-state index is 0.0833. The van der Waals surface area contributed by atoms with E-state index in [-0.39, 0.29) is 5.92 Å². The molecule has 1 fully saturated rings. The van der Waals surface area contributed by atoms with Crippen molar-refractivity contribution in [3.63, 3.8) is 0 Å². The second-order valence-electron chi connectivity index (χ2n) is 3.88. The molecular weight excluding hydrogens is 214 g/mol. The number of amides is 1. The Bertz CT molecular complexity index is 280. The highest BCUT2D eigenvalue weighted by atomic mass is 16.6. The Morgan fingerprint density at radius 3 is 2.38 bits per heavy atom. The fraction of sp³-hybridized carbons (Fsp3) is 0.800. The van der Waals surface area contributed by atoms with E-state index in [0.717, 1.165) is 4.90 Å². The third kappa shape index (κ3) is 2.27. The highest BCUT2D eigenvalue weighted by Gasteiger charge is 2.42. The molecule has 16 heavy (non-hydrogen) atoms. The molecule has 1 aliphatic rings. The zero-order valence-electron chi connectivity index (χ0n) is 9.67. The minimum atomic E-state index is -1.01. The summed E-state index contributed by atoms with van der Waals surface area (Å²) in [4.78, 5) is 24.0. The standard InChI is InChI=1S/C10H17NO5/c1-6-4-5-7(9(13)15-2)11(8(6)12)10(14)16-3/h6-8,12H,4-5H2,1-3H3/t6?,7-,8?/m0/s1. The highest BCUT2D eigenvalue weighted by molar-refractivity contribution is 5.81. The number of esters is 1. The van der Waals surface area contributed by atoms with Gasteiger partial charge in [0.2, 0.25) is 0 Å². The lowest BCUT2D eigenvalue weighted by Crippen LogP contribution is -2.56. The normalized spacial score (nSPS) is 29.8. The Morgan fingerprint density at radius 1 is 1.25 bits per heavy atom. The number of nitrogens with zero attached hydrogens (tertiary/aromatic N) is 1. The summed E-state index contributed by atoms with van der Waals surface area (Å²) in [6, 6.07) is -0.761. The number of methoxy groups -OCH3 is 2. The summed E-state index contributed by atoms with van der Waals surface area (Å²) in [7, 11) is 2.46. The molecule has 3 atom stereocenters. The SMILES string of the molecule is COC(=O)[C@@H]1CCC(C)C(O)N1C(=O)OC. The average molecular weight is 231 g/mol. The van der Waals surface area contributed by atoms with Gasteiger partial charge in [0.15, 0.2) is 0 Å². The fourth-order valence-electron chi connectivity index (χ4n) is 1.88. The molecule has 1 amide bonds. The maximum atomic E-state index is 11.5. The third-order valence-electron chi connectivity index (χ3n) is 2.88. The minimum Gasteiger partial charge on any atom is -0.467 e. The number of hydrogen-bond acceptors (Lipinski definition) is 5. The van der Waals surface area contributed by atoms with Crippen LogP contribution in [0.25, 0.3) is 0 Å². The molecule has 1 saturated heterocycles. The quantitative estimate of drug-likeness (QED) is 0.659. The number of hydrogen-bond donors (Lipinski definition) is 1. The average Bonchev–Trinajstić information content (AvgIpc) is 2.30. The van der Waals surface area contributed by atoms with E-state index in [0.29, 0.717) is 12.8 Å². The van der Waals surface area contributed by atoms with Crippen molar-refractivity contribution >= 4 is 12.1 Å². The Labute approximate surface area is 94.1 Å². The van der Waals surface area contributed by atoms with Gasteiger partial charge in [0.1, 0.15) is 12.3 Å². The summed E-state index contributed by atoms with van der Waals surface area (Å²) in [6.07, 6.45) is -0.589. The summed E-state index contributed by atoms with van der Waals surface area (Å²) >= 11 is 0. The summed E-state index contributed by atoms with van der Waals surface area (Å²) in [5, 5.41) is 9.87. The predicted molar refractivity (Wildman–Crippen MR) is 54.5 cm³/mol. The van der Waals surface area contributed by atoms with Crippen LogP contribution < -0.4 is 0 Å². The number of ether oxygens (including phenoxy) is 2. The molecule has 0 aromatic heterocycles. The molecule has 6 nitrogen and oxygen atoms in total. The van der Waals surface area contributed by atoms with Gasteiger partial charge in [0.25, 0.3) is 0 Å². The van der Waals surface area contributed by atoms with Crippen LogP contribution in [0.2, 0.25) is 0 Å². The van der Waals surface area contributed by atoms with Crippen molar-refractivity contribution in [2.75, 3.05) is 14.2 Å². The van der Waals surface area contributed by atoms with Crippen LogP contribution in [-0.2, 0) is 14.3 Å². The van der Waals surface area contributed by atoms with Crippen molar-refractivity contribution in [2.45, 2.75) is 32.0 Å². The molecule has 1 aliphatic heterocycles. The predicted octanol–water partition coefficient (Wildman–Crippen LogP) is 0.345. The molecule has 0 aliphatic carbocycles. The van der Waals surface area contributed by atoms with Gasteiger partial charge in [-0.25, -0.2) is 9.59 Å². The maximum Gasteiger partial charge on any atom is 0.412 e. The van der Waals surface area contributed by atoms with Gasteiger partial charge < -0.3 is 14.6 Å². The van der Waals surface area contributed by atoms with Gasteiger partial charge in [-0.15, -0.1) is 0 Å². The first kappa shape index (κ1) is 12.8. The van der Waals surface area contributed by atoms with Crippen molar-refractivity contribution in [1.29, 1.82) is 0 Å². The lowest BCUT2D eigenvalue weighted by atomic mass is 9.92. The summed E-state index contributed by atoms with van der Waals surface area (Å²) < 4.78 is 9.15. The molecule has 0 saturated carbocycles. The second kappa shape index (κ2) is 5.16. The number of piperidine rings is 1. The van der Waals surface area contributed by atoms with Gasteiger partial charge >= 0.3 is 12.1 Å². The molecule has 0 radical (unpaired) electrons. The van der Waals surface area contributed by atoms with E-state index in [2.05, 4.69) is 9.47 Å². The second-order valence-corrected chi connectivity index (χ2v) is 3.88. The zero-order valence-corrected chi connectivity index (χ0v) is 9.67. The number of carbonyl (C=O) groups excluding carboxylic acids is 2. The molecule has 92 valence electrons. The smallest absolute Gasteiger partial charge is 0.412 e. The molecule has 0 aromatic rings. The molecule has 0 bridgehead atoms. The molecular formula is C10H17NO5. The van der Waals surface area contributed by atoms with E-state index in [4.69, 9.17) is 0 Å². The molecule has 0 spiro atoms. The van der Waals surface area contributed by atoms with Crippen LogP contribution in [0.15, 0.2) is 0 Å². The molecule has 1 N–H and O–H groups in total. The Balaban J connectivity index is 2.89. The summed E-state index contributed by atoms with van der Waals surface area (Å²) in [6.45, 7) is 1.81. The largest absolute Gasteiger partial charge is 0.467 e. The molecule has 6 heteroatoms. The van der Waals surface area contributed by atoms with Gasteiger partial charge in [-0.1, -0.05) is 6.92 Å². The number of aliphatic hydroxyl groups is 1. The Hall–Kier alpha value is -1.30. The first-order valence-corrected chi connectivity index (χ1v) is 5.15. The van der Waals surface area contributed by atoms with E-state index >= 15 is 0 Å². The third-order valence-corrected chi connectivity index (χ3v) is 2.88. The first-order valence-electron chi connectivity index (χ1n) is 5.15. The first-order chi connectivity index (χ1) is 7.52. The molecule has 1 heterocycles. The van der Waals surface area contributed by atoms with E-state index in [1.807, 2.05) is 6.92 Å². The van der Waals surface area contributed by atoms with E-state index < -0.39 is 24.3 Å². The van der Waals surface area contributed by atoms with Crippen molar-refractivity contribution in [3.05, 3.63) is 0 Å². The fourth-order valence-corrected chi connectivity index (χ4v) is 1.88. The van der Waals surface area contributed by atoms with Crippen LogP contribution in [0.4, 0.5) is 4.79 Å². The molecule has 1 rings (SSSR count). The van der Waals surface area contributed by atoms with Crippen LogP contribution in [0.1, 0.15) is 19.8 Å². The number of aliphatic hydroxyl groups excluding tert-OH is 1. The van der Waals surface area contributed by atoms with Gasteiger partial charge in [0.05, 0.1) is 14.2 Å². The van der Waals surface area contributed by atoms with Crippen LogP contribution in [0.5, 0.6) is 0 Å². The maximum absolute atomic E-state index is 11.5. The van der Waals surface area contributed by atoms with Crippen molar-refractivity contribution in [3.8, 4) is 0 Å². The van der Waals surface area contributed by atoms with E-state index in [9.17, 15) is 14.7 Å². The lowest BCUT2D eigenvalue weighted by Gasteiger charge is -2.39. The summed E-state index contributed by atoms with van der Waals surface area (Å²) in [5.41, 5.74) is 0. The monoisotopic (exact) mass is 231 g/mol. The Morgan fingerprint density at radius 2 is 1.88 bits per heavy atom. The highest BCUT2D eigenvalue weighted by Crippen LogP contribution is 2.27.